The molecule has 0 aliphatic rings. The number of primary amides is 1. The predicted molar refractivity (Wildman–Crippen MR) is 67.1 cm³/mol. The van der Waals surface area contributed by atoms with Gasteiger partial charge in [0.2, 0.25) is 5.91 Å². The Morgan fingerprint density at radius 3 is 2.45 bits per heavy atom. The molecule has 2 amide bonds. The van der Waals surface area contributed by atoms with Crippen molar-refractivity contribution in [2.45, 2.75) is 12.6 Å². The zero-order chi connectivity index (χ0) is 15.3. The van der Waals surface area contributed by atoms with Gasteiger partial charge in [0.15, 0.2) is 0 Å². The van der Waals surface area contributed by atoms with E-state index in [-0.39, 0.29) is 24.2 Å². The van der Waals surface area contributed by atoms with Crippen LogP contribution in [0.1, 0.15) is 22.3 Å². The molecular formula is C12H14F3N3O2. The Hall–Kier alpha value is -2.25. The standard InChI is InChI=1S/C12H14F3N3O2/c1-17-9-3-2-7(12(13,14)15)6-8(9)11(20)18-5-4-10(16)19/h2-3,6,17H,4-5H2,1H3,(H2,16,19)(H,18,20). The number of alkyl halides is 3. The summed E-state index contributed by atoms with van der Waals surface area (Å²) < 4.78 is 37.8. The van der Waals surface area contributed by atoms with E-state index in [9.17, 15) is 22.8 Å². The van der Waals surface area contributed by atoms with Crippen molar-refractivity contribution in [1.82, 2.24) is 5.32 Å². The first-order chi connectivity index (χ1) is 9.25. The molecule has 5 nitrogen and oxygen atoms in total. The zero-order valence-electron chi connectivity index (χ0n) is 10.7. The molecule has 0 unspecified atom stereocenters. The van der Waals surface area contributed by atoms with Crippen LogP contribution in [0.2, 0.25) is 0 Å². The van der Waals surface area contributed by atoms with E-state index in [1.165, 1.54) is 13.1 Å². The smallest absolute Gasteiger partial charge is 0.387 e. The van der Waals surface area contributed by atoms with Crippen LogP contribution in [0.5, 0.6) is 0 Å². The number of hydrogen-bond donors (Lipinski definition) is 3. The number of rotatable bonds is 5. The lowest BCUT2D eigenvalue weighted by Crippen LogP contribution is -2.28. The summed E-state index contributed by atoms with van der Waals surface area (Å²) in [5.74, 6) is -1.31. The lowest BCUT2D eigenvalue weighted by Gasteiger charge is -2.13. The molecule has 20 heavy (non-hydrogen) atoms. The fourth-order valence-electron chi connectivity index (χ4n) is 1.52. The van der Waals surface area contributed by atoms with E-state index in [1.54, 1.807) is 0 Å². The number of amides is 2. The molecule has 0 aromatic heterocycles. The van der Waals surface area contributed by atoms with Crippen LogP contribution in [0.25, 0.3) is 0 Å². The van der Waals surface area contributed by atoms with Gasteiger partial charge in [0.05, 0.1) is 11.1 Å². The second-order valence-electron chi connectivity index (χ2n) is 3.98. The highest BCUT2D eigenvalue weighted by Crippen LogP contribution is 2.31. The number of hydrogen-bond acceptors (Lipinski definition) is 3. The summed E-state index contributed by atoms with van der Waals surface area (Å²) in [6.07, 6.45) is -4.62. The van der Waals surface area contributed by atoms with E-state index in [0.29, 0.717) is 0 Å². The number of halogens is 3. The van der Waals surface area contributed by atoms with Gasteiger partial charge in [0.1, 0.15) is 0 Å². The molecule has 110 valence electrons. The van der Waals surface area contributed by atoms with E-state index in [4.69, 9.17) is 5.73 Å². The van der Waals surface area contributed by atoms with Crippen molar-refractivity contribution < 1.29 is 22.8 Å². The molecule has 0 saturated carbocycles. The number of benzene rings is 1. The Morgan fingerprint density at radius 2 is 1.95 bits per heavy atom. The topological polar surface area (TPSA) is 84.2 Å². The lowest BCUT2D eigenvalue weighted by molar-refractivity contribution is -0.137. The fraction of sp³-hybridized carbons (Fsp3) is 0.333. The van der Waals surface area contributed by atoms with Crippen LogP contribution in [0.3, 0.4) is 0 Å². The Bertz CT molecular complexity index is 515. The van der Waals surface area contributed by atoms with Gasteiger partial charge in [-0.2, -0.15) is 13.2 Å². The minimum Gasteiger partial charge on any atom is -0.387 e. The van der Waals surface area contributed by atoms with Gasteiger partial charge in [-0.3, -0.25) is 9.59 Å². The quantitative estimate of drug-likeness (QED) is 0.765. The minimum atomic E-state index is -4.53. The van der Waals surface area contributed by atoms with E-state index < -0.39 is 23.6 Å². The third-order valence-electron chi connectivity index (χ3n) is 2.52. The molecule has 1 aromatic rings. The Morgan fingerprint density at radius 1 is 1.30 bits per heavy atom. The van der Waals surface area contributed by atoms with Gasteiger partial charge in [-0.1, -0.05) is 0 Å². The highest BCUT2D eigenvalue weighted by Gasteiger charge is 2.31. The summed E-state index contributed by atoms with van der Waals surface area (Å²) in [6, 6.07) is 2.81. The first-order valence-corrected chi connectivity index (χ1v) is 5.71. The van der Waals surface area contributed by atoms with Gasteiger partial charge in [0.25, 0.3) is 5.91 Å². The summed E-state index contributed by atoms with van der Waals surface area (Å²) in [7, 11) is 1.49. The van der Waals surface area contributed by atoms with Crippen LogP contribution in [0.4, 0.5) is 18.9 Å². The first kappa shape index (κ1) is 15.8. The molecular weight excluding hydrogens is 275 g/mol. The van der Waals surface area contributed by atoms with Gasteiger partial charge in [-0.15, -0.1) is 0 Å². The number of anilines is 1. The van der Waals surface area contributed by atoms with Crippen LogP contribution in [-0.4, -0.2) is 25.4 Å². The van der Waals surface area contributed by atoms with Gasteiger partial charge in [0, 0.05) is 25.7 Å². The van der Waals surface area contributed by atoms with E-state index in [0.717, 1.165) is 12.1 Å². The maximum Gasteiger partial charge on any atom is 0.416 e. The molecule has 0 radical (unpaired) electrons. The number of nitrogens with two attached hydrogens (primary N) is 1. The molecule has 0 aliphatic heterocycles. The molecule has 0 fully saturated rings. The summed E-state index contributed by atoms with van der Waals surface area (Å²) >= 11 is 0. The summed E-state index contributed by atoms with van der Waals surface area (Å²) in [5, 5.41) is 4.97. The molecule has 0 spiro atoms. The number of nitrogens with one attached hydrogen (secondary N) is 2. The highest BCUT2D eigenvalue weighted by molar-refractivity contribution is 6.00. The van der Waals surface area contributed by atoms with Crippen molar-refractivity contribution in [2.24, 2.45) is 5.73 Å². The molecule has 4 N–H and O–H groups in total. The molecule has 0 bridgehead atoms. The van der Waals surface area contributed by atoms with Crippen molar-refractivity contribution in [2.75, 3.05) is 18.9 Å². The fourth-order valence-corrected chi connectivity index (χ4v) is 1.52. The minimum absolute atomic E-state index is 0.0342. The second-order valence-corrected chi connectivity index (χ2v) is 3.98. The third kappa shape index (κ3) is 4.15. The van der Waals surface area contributed by atoms with Crippen LogP contribution in [-0.2, 0) is 11.0 Å². The number of carbonyl (C=O) groups excluding carboxylic acids is 2. The average Bonchev–Trinajstić information content (AvgIpc) is 2.36. The Kier molecular flexibility index (Phi) is 4.95. The van der Waals surface area contributed by atoms with Gasteiger partial charge in [-0.25, -0.2) is 0 Å². The molecule has 0 atom stereocenters. The van der Waals surface area contributed by atoms with E-state index >= 15 is 0 Å². The predicted octanol–water partition coefficient (Wildman–Crippen LogP) is 1.35. The van der Waals surface area contributed by atoms with Crippen molar-refractivity contribution in [3.8, 4) is 0 Å². The normalized spacial score (nSPS) is 11.0. The van der Waals surface area contributed by atoms with Gasteiger partial charge < -0.3 is 16.4 Å². The monoisotopic (exact) mass is 289 g/mol. The summed E-state index contributed by atoms with van der Waals surface area (Å²) in [4.78, 5) is 22.4. The summed E-state index contributed by atoms with van der Waals surface area (Å²) in [6.45, 7) is -0.0342. The van der Waals surface area contributed by atoms with Crippen molar-refractivity contribution in [1.29, 1.82) is 0 Å². The molecule has 0 heterocycles. The first-order valence-electron chi connectivity index (χ1n) is 5.71. The van der Waals surface area contributed by atoms with E-state index in [1.807, 2.05) is 0 Å². The van der Waals surface area contributed by atoms with Crippen LogP contribution in [0.15, 0.2) is 18.2 Å². The molecule has 1 aromatic carbocycles. The molecule has 0 aliphatic carbocycles. The average molecular weight is 289 g/mol. The van der Waals surface area contributed by atoms with Crippen molar-refractivity contribution in [3.05, 3.63) is 29.3 Å². The maximum atomic E-state index is 12.6. The lowest BCUT2D eigenvalue weighted by atomic mass is 10.1. The van der Waals surface area contributed by atoms with Gasteiger partial charge >= 0.3 is 6.18 Å². The zero-order valence-corrected chi connectivity index (χ0v) is 10.7. The Balaban J connectivity index is 2.96. The SMILES string of the molecule is CNc1ccc(C(F)(F)F)cc1C(=O)NCCC(N)=O. The maximum absolute atomic E-state index is 12.6. The molecule has 8 heteroatoms. The molecule has 1 rings (SSSR count). The van der Waals surface area contributed by atoms with Gasteiger partial charge in [-0.05, 0) is 18.2 Å². The van der Waals surface area contributed by atoms with Crippen molar-refractivity contribution in [3.63, 3.8) is 0 Å². The van der Waals surface area contributed by atoms with Crippen LogP contribution in [0, 0.1) is 0 Å². The summed E-state index contributed by atoms with van der Waals surface area (Å²) in [5.41, 5.74) is 4.10. The molecule has 0 saturated heterocycles. The third-order valence-corrected chi connectivity index (χ3v) is 2.52. The highest BCUT2D eigenvalue weighted by atomic mass is 19.4. The largest absolute Gasteiger partial charge is 0.416 e. The van der Waals surface area contributed by atoms with E-state index in [2.05, 4.69) is 10.6 Å². The van der Waals surface area contributed by atoms with Crippen molar-refractivity contribution >= 4 is 17.5 Å². The van der Waals surface area contributed by atoms with Crippen LogP contribution < -0.4 is 16.4 Å². The Labute approximate surface area is 113 Å². The second kappa shape index (κ2) is 6.27. The van der Waals surface area contributed by atoms with Crippen LogP contribution >= 0.6 is 0 Å². The number of carbonyl (C=O) groups is 2.